The summed E-state index contributed by atoms with van der Waals surface area (Å²) in [5.74, 6) is 0.915. The molecule has 0 radical (unpaired) electrons. The Morgan fingerprint density at radius 2 is 0.962 bits per heavy atom. The molecule has 0 aliphatic carbocycles. The molecular formula is C49H36N2O. The molecule has 0 saturated carbocycles. The first kappa shape index (κ1) is 31.4. The van der Waals surface area contributed by atoms with Crippen LogP contribution in [0, 0.1) is 0 Å². The van der Waals surface area contributed by atoms with Crippen molar-refractivity contribution in [2.75, 3.05) is 0 Å². The molecule has 1 atom stereocenters. The van der Waals surface area contributed by atoms with E-state index in [1.165, 1.54) is 27.8 Å². The minimum absolute atomic E-state index is 0.225. The second-order valence-corrected chi connectivity index (χ2v) is 13.3. The molecule has 0 aliphatic heterocycles. The Morgan fingerprint density at radius 1 is 0.442 bits per heavy atom. The number of nitrogens with zero attached hydrogens (tertiary/aromatic N) is 2. The zero-order chi connectivity index (χ0) is 34.7. The van der Waals surface area contributed by atoms with Gasteiger partial charge in [-0.3, -0.25) is 0 Å². The molecule has 1 unspecified atom stereocenters. The van der Waals surface area contributed by atoms with Gasteiger partial charge in [-0.05, 0) is 64.9 Å². The zero-order valence-electron chi connectivity index (χ0n) is 28.7. The van der Waals surface area contributed by atoms with Crippen LogP contribution in [0.2, 0.25) is 0 Å². The number of rotatable bonds is 9. The summed E-state index contributed by atoms with van der Waals surface area (Å²) in [6, 6.07) is 66.1. The predicted octanol–water partition coefficient (Wildman–Crippen LogP) is 12.8. The van der Waals surface area contributed by atoms with Crippen molar-refractivity contribution in [1.82, 2.24) is 9.97 Å². The van der Waals surface area contributed by atoms with Crippen LogP contribution >= 0.6 is 0 Å². The topological polar surface area (TPSA) is 38.9 Å². The maximum Gasteiger partial charge on any atom is 0.161 e. The molecule has 3 nitrogen and oxygen atoms in total. The summed E-state index contributed by atoms with van der Waals surface area (Å²) in [7, 11) is 0. The molecule has 0 bridgehead atoms. The van der Waals surface area contributed by atoms with Gasteiger partial charge in [0.15, 0.2) is 5.82 Å². The van der Waals surface area contributed by atoms with Crippen molar-refractivity contribution in [2.24, 2.45) is 0 Å². The lowest BCUT2D eigenvalue weighted by molar-refractivity contribution is 0.666. The molecule has 0 spiro atoms. The average molecular weight is 669 g/mol. The minimum atomic E-state index is 0.225. The monoisotopic (exact) mass is 668 g/mol. The van der Waals surface area contributed by atoms with Gasteiger partial charge >= 0.3 is 0 Å². The van der Waals surface area contributed by atoms with Crippen LogP contribution in [0.3, 0.4) is 0 Å². The predicted molar refractivity (Wildman–Crippen MR) is 214 cm³/mol. The molecule has 0 saturated heterocycles. The van der Waals surface area contributed by atoms with Crippen molar-refractivity contribution in [2.45, 2.75) is 18.8 Å². The molecule has 0 N–H and O–H groups in total. The van der Waals surface area contributed by atoms with Gasteiger partial charge in [0.25, 0.3) is 0 Å². The maximum absolute atomic E-state index is 6.56. The van der Waals surface area contributed by atoms with Gasteiger partial charge in [0.1, 0.15) is 11.2 Å². The first-order valence-corrected chi connectivity index (χ1v) is 17.9. The highest BCUT2D eigenvalue weighted by atomic mass is 16.3. The Kier molecular flexibility index (Phi) is 8.44. The van der Waals surface area contributed by atoms with Gasteiger partial charge in [-0.2, -0.15) is 0 Å². The quantitative estimate of drug-likeness (QED) is 0.154. The molecule has 2 aromatic heterocycles. The second-order valence-electron chi connectivity index (χ2n) is 13.3. The van der Waals surface area contributed by atoms with Crippen molar-refractivity contribution in [3.8, 4) is 45.0 Å². The third kappa shape index (κ3) is 6.29. The molecule has 0 amide bonds. The first-order valence-electron chi connectivity index (χ1n) is 17.9. The van der Waals surface area contributed by atoms with Crippen LogP contribution < -0.4 is 0 Å². The lowest BCUT2D eigenvalue weighted by atomic mass is 9.85. The molecule has 52 heavy (non-hydrogen) atoms. The summed E-state index contributed by atoms with van der Waals surface area (Å²) in [5.41, 5.74) is 12.8. The van der Waals surface area contributed by atoms with E-state index in [1.54, 1.807) is 0 Å². The summed E-state index contributed by atoms with van der Waals surface area (Å²) in [5, 5.41) is 2.11. The minimum Gasteiger partial charge on any atom is -0.456 e. The first-order chi connectivity index (χ1) is 25.8. The lowest BCUT2D eigenvalue weighted by Gasteiger charge is -2.19. The number of hydrogen-bond acceptors (Lipinski definition) is 3. The average Bonchev–Trinajstić information content (AvgIpc) is 3.61. The van der Waals surface area contributed by atoms with Crippen LogP contribution in [0.15, 0.2) is 192 Å². The SMILES string of the molecule is c1ccc(-c2ccc(C(CCc3cc(-c4nc(-c5ccccc5)cc(-c5ccccc5)n4)c4c(c3)oc3ccccc34)c3ccccc3)cc2)cc1. The number of benzene rings is 7. The Bertz CT molecular complexity index is 2540. The van der Waals surface area contributed by atoms with E-state index in [4.69, 9.17) is 14.4 Å². The van der Waals surface area contributed by atoms with E-state index in [2.05, 4.69) is 164 Å². The Labute approximate surface area is 303 Å². The normalized spacial score (nSPS) is 11.9. The van der Waals surface area contributed by atoms with Gasteiger partial charge in [0, 0.05) is 33.4 Å². The summed E-state index contributed by atoms with van der Waals surface area (Å²) in [6.45, 7) is 0. The van der Waals surface area contributed by atoms with Crippen LogP contribution in [0.4, 0.5) is 0 Å². The summed E-state index contributed by atoms with van der Waals surface area (Å²) in [6.07, 6.45) is 1.78. The molecule has 0 aliphatic rings. The van der Waals surface area contributed by atoms with Crippen molar-refractivity contribution in [3.63, 3.8) is 0 Å². The zero-order valence-corrected chi connectivity index (χ0v) is 28.7. The number of para-hydroxylation sites is 1. The number of aromatic nitrogens is 2. The fourth-order valence-electron chi connectivity index (χ4n) is 7.37. The van der Waals surface area contributed by atoms with Crippen LogP contribution in [-0.4, -0.2) is 9.97 Å². The standard InChI is InChI=1S/C49H36N2O/c1-5-15-35(16-6-1)36-26-28-38(29-27-36)41(37-17-7-2-8-18-37)30-25-34-31-43(48-42-23-13-14-24-46(42)52-47(48)32-34)49-50-44(39-19-9-3-10-20-39)33-45(51-49)40-21-11-4-12-22-40/h1-24,26-29,31-33,41H,25,30H2. The smallest absolute Gasteiger partial charge is 0.161 e. The van der Waals surface area contributed by atoms with Gasteiger partial charge in [0.2, 0.25) is 0 Å². The number of furan rings is 1. The fourth-order valence-corrected chi connectivity index (χ4v) is 7.37. The molecule has 2 heterocycles. The van der Waals surface area contributed by atoms with E-state index in [0.29, 0.717) is 5.82 Å². The van der Waals surface area contributed by atoms with E-state index in [9.17, 15) is 0 Å². The second kappa shape index (κ2) is 14.0. The van der Waals surface area contributed by atoms with Gasteiger partial charge in [-0.15, -0.1) is 0 Å². The Balaban J connectivity index is 1.15. The van der Waals surface area contributed by atoms with Gasteiger partial charge in [-0.25, -0.2) is 9.97 Å². The van der Waals surface area contributed by atoms with Crippen molar-refractivity contribution in [3.05, 3.63) is 205 Å². The van der Waals surface area contributed by atoms with Gasteiger partial charge in [0.05, 0.1) is 11.4 Å². The Hall–Kier alpha value is -6.58. The van der Waals surface area contributed by atoms with Crippen molar-refractivity contribution >= 4 is 21.9 Å². The number of fused-ring (bicyclic) bond motifs is 3. The van der Waals surface area contributed by atoms with E-state index in [1.807, 2.05) is 24.3 Å². The van der Waals surface area contributed by atoms with Gasteiger partial charge < -0.3 is 4.42 Å². The fraction of sp³-hybridized carbons (Fsp3) is 0.0612. The maximum atomic E-state index is 6.56. The third-order valence-electron chi connectivity index (χ3n) is 9.99. The molecular weight excluding hydrogens is 633 g/mol. The molecule has 9 rings (SSSR count). The van der Waals surface area contributed by atoms with Crippen LogP contribution in [-0.2, 0) is 6.42 Å². The summed E-state index contributed by atoms with van der Waals surface area (Å²) in [4.78, 5) is 10.5. The highest BCUT2D eigenvalue weighted by Gasteiger charge is 2.20. The van der Waals surface area contributed by atoms with E-state index in [-0.39, 0.29) is 5.92 Å². The van der Waals surface area contributed by atoms with Crippen molar-refractivity contribution < 1.29 is 4.42 Å². The molecule has 248 valence electrons. The number of hydrogen-bond donors (Lipinski definition) is 0. The van der Waals surface area contributed by atoms with Crippen LogP contribution in [0.5, 0.6) is 0 Å². The highest BCUT2D eigenvalue weighted by Crippen LogP contribution is 2.39. The highest BCUT2D eigenvalue weighted by molar-refractivity contribution is 6.12. The molecule has 7 aromatic carbocycles. The lowest BCUT2D eigenvalue weighted by Crippen LogP contribution is -2.04. The van der Waals surface area contributed by atoms with E-state index < -0.39 is 0 Å². The molecule has 0 fully saturated rings. The molecule has 3 heteroatoms. The van der Waals surface area contributed by atoms with E-state index in [0.717, 1.165) is 62.9 Å². The van der Waals surface area contributed by atoms with Crippen LogP contribution in [0.1, 0.15) is 29.0 Å². The Morgan fingerprint density at radius 3 is 1.60 bits per heavy atom. The number of aryl methyl sites for hydroxylation is 1. The largest absolute Gasteiger partial charge is 0.456 e. The van der Waals surface area contributed by atoms with Crippen LogP contribution in [0.25, 0.3) is 67.0 Å². The summed E-state index contributed by atoms with van der Waals surface area (Å²) < 4.78 is 6.56. The molecule has 9 aromatic rings. The van der Waals surface area contributed by atoms with E-state index >= 15 is 0 Å². The third-order valence-corrected chi connectivity index (χ3v) is 9.99. The van der Waals surface area contributed by atoms with Crippen molar-refractivity contribution in [1.29, 1.82) is 0 Å². The van der Waals surface area contributed by atoms with Gasteiger partial charge in [-0.1, -0.05) is 164 Å². The summed E-state index contributed by atoms with van der Waals surface area (Å²) >= 11 is 0.